The number of anilines is 2. The van der Waals surface area contributed by atoms with Gasteiger partial charge in [0.15, 0.2) is 11.5 Å². The van der Waals surface area contributed by atoms with Crippen molar-refractivity contribution in [1.82, 2.24) is 19.5 Å². The van der Waals surface area contributed by atoms with Crippen molar-refractivity contribution in [3.05, 3.63) is 6.33 Å². The van der Waals surface area contributed by atoms with Crippen LogP contribution in [0.15, 0.2) is 6.33 Å². The molecule has 1 fully saturated rings. The average Bonchev–Trinajstić information content (AvgIpc) is 2.92. The zero-order chi connectivity index (χ0) is 13.6. The van der Waals surface area contributed by atoms with Crippen molar-refractivity contribution in [2.24, 2.45) is 5.92 Å². The summed E-state index contributed by atoms with van der Waals surface area (Å²) in [5.74, 6) is 0.605. The maximum atomic E-state index is 9.19. The zero-order valence-corrected chi connectivity index (χ0v) is 10.5. The molecule has 0 aromatic carbocycles. The van der Waals surface area contributed by atoms with E-state index in [1.54, 1.807) is 10.9 Å². The Kier molecular flexibility index (Phi) is 2.76. The molecule has 0 radical (unpaired) electrons. The number of fused-ring (bicyclic) bond motifs is 1. The van der Waals surface area contributed by atoms with Crippen LogP contribution in [0.5, 0.6) is 0 Å². The fourth-order valence-electron chi connectivity index (χ4n) is 2.52. The second kappa shape index (κ2) is 4.32. The molecule has 102 valence electrons. The predicted octanol–water partition coefficient (Wildman–Crippen LogP) is -0.0934. The van der Waals surface area contributed by atoms with E-state index in [0.717, 1.165) is 6.42 Å². The molecule has 0 saturated carbocycles. The van der Waals surface area contributed by atoms with Gasteiger partial charge in [-0.1, -0.05) is 6.92 Å². The van der Waals surface area contributed by atoms with E-state index in [-0.39, 0.29) is 36.6 Å². The van der Waals surface area contributed by atoms with Gasteiger partial charge in [-0.15, -0.1) is 0 Å². The zero-order valence-electron chi connectivity index (χ0n) is 10.5. The smallest absolute Gasteiger partial charge is 0.224 e. The first-order chi connectivity index (χ1) is 9.10. The molecular formula is C11H16N6O2. The Balaban J connectivity index is 2.06. The van der Waals surface area contributed by atoms with Crippen LogP contribution in [0.3, 0.4) is 0 Å². The Hall–Kier alpha value is -1.93. The molecule has 3 atom stereocenters. The number of nitrogens with zero attached hydrogens (tertiary/aromatic N) is 4. The van der Waals surface area contributed by atoms with Gasteiger partial charge in [0.1, 0.15) is 11.7 Å². The highest BCUT2D eigenvalue weighted by Gasteiger charge is 2.34. The lowest BCUT2D eigenvalue weighted by molar-refractivity contribution is -0.0294. The molecule has 0 amide bonds. The number of rotatable bonds is 2. The lowest BCUT2D eigenvalue weighted by Gasteiger charge is -2.17. The number of aliphatic hydroxyl groups excluding tert-OH is 1. The van der Waals surface area contributed by atoms with Crippen molar-refractivity contribution in [2.45, 2.75) is 25.7 Å². The van der Waals surface area contributed by atoms with Crippen LogP contribution in [0.2, 0.25) is 0 Å². The highest BCUT2D eigenvalue weighted by Crippen LogP contribution is 2.35. The molecular weight excluding hydrogens is 248 g/mol. The minimum atomic E-state index is -0.226. The maximum absolute atomic E-state index is 9.19. The molecule has 0 spiro atoms. The van der Waals surface area contributed by atoms with Crippen molar-refractivity contribution in [3.8, 4) is 0 Å². The molecule has 2 aromatic heterocycles. The van der Waals surface area contributed by atoms with Gasteiger partial charge in [0.2, 0.25) is 5.95 Å². The quantitative estimate of drug-likeness (QED) is 0.691. The molecule has 0 bridgehead atoms. The molecule has 19 heavy (non-hydrogen) atoms. The van der Waals surface area contributed by atoms with E-state index in [0.29, 0.717) is 11.2 Å². The van der Waals surface area contributed by atoms with E-state index in [1.165, 1.54) is 0 Å². The van der Waals surface area contributed by atoms with Gasteiger partial charge in [-0.25, -0.2) is 4.98 Å². The second-order valence-electron chi connectivity index (χ2n) is 4.84. The fraction of sp³-hybridized carbons (Fsp3) is 0.545. The monoisotopic (exact) mass is 264 g/mol. The average molecular weight is 264 g/mol. The van der Waals surface area contributed by atoms with Crippen LogP contribution in [0.25, 0.3) is 11.2 Å². The summed E-state index contributed by atoms with van der Waals surface area (Å²) in [6.45, 7) is 2.06. The minimum absolute atomic E-state index is 0.00668. The maximum Gasteiger partial charge on any atom is 0.224 e. The van der Waals surface area contributed by atoms with E-state index < -0.39 is 0 Å². The first-order valence-corrected chi connectivity index (χ1v) is 6.12. The van der Waals surface area contributed by atoms with Gasteiger partial charge in [-0.3, -0.25) is 4.57 Å². The van der Waals surface area contributed by atoms with Crippen LogP contribution in [-0.4, -0.2) is 37.3 Å². The summed E-state index contributed by atoms with van der Waals surface area (Å²) in [6.07, 6.45) is 2.03. The molecule has 1 aliphatic heterocycles. The molecule has 8 heteroatoms. The fourth-order valence-corrected chi connectivity index (χ4v) is 2.52. The molecule has 1 aliphatic rings. The highest BCUT2D eigenvalue weighted by atomic mass is 16.5. The Morgan fingerprint density at radius 2 is 2.26 bits per heavy atom. The molecule has 8 nitrogen and oxygen atoms in total. The third kappa shape index (κ3) is 1.89. The summed E-state index contributed by atoms with van der Waals surface area (Å²) in [6, 6.07) is 0. The second-order valence-corrected chi connectivity index (χ2v) is 4.84. The predicted molar refractivity (Wildman–Crippen MR) is 68.9 cm³/mol. The summed E-state index contributed by atoms with van der Waals surface area (Å²) < 4.78 is 7.58. The largest absolute Gasteiger partial charge is 0.394 e. The van der Waals surface area contributed by atoms with Gasteiger partial charge in [-0.05, 0) is 6.42 Å². The number of hydrogen-bond donors (Lipinski definition) is 3. The van der Waals surface area contributed by atoms with E-state index >= 15 is 0 Å². The number of nitrogen functional groups attached to an aromatic ring is 2. The van der Waals surface area contributed by atoms with Crippen LogP contribution in [0.4, 0.5) is 11.8 Å². The van der Waals surface area contributed by atoms with Gasteiger partial charge in [0, 0.05) is 5.92 Å². The Labute approximate surface area is 109 Å². The van der Waals surface area contributed by atoms with Crippen LogP contribution >= 0.6 is 0 Å². The van der Waals surface area contributed by atoms with E-state index in [1.807, 2.05) is 0 Å². The number of aliphatic hydroxyl groups is 1. The van der Waals surface area contributed by atoms with Crippen LogP contribution in [0, 0.1) is 5.92 Å². The SMILES string of the molecule is C[C@H]1C[C@@H](CO)O[C@H]1n1cnc2c(N)nc(N)nc21. The Morgan fingerprint density at radius 1 is 1.47 bits per heavy atom. The number of nitrogens with two attached hydrogens (primary N) is 2. The van der Waals surface area contributed by atoms with E-state index in [2.05, 4.69) is 21.9 Å². The van der Waals surface area contributed by atoms with Crippen LogP contribution in [-0.2, 0) is 4.74 Å². The van der Waals surface area contributed by atoms with Crippen molar-refractivity contribution >= 4 is 22.9 Å². The van der Waals surface area contributed by atoms with Gasteiger partial charge in [0.25, 0.3) is 0 Å². The minimum Gasteiger partial charge on any atom is -0.394 e. The third-order valence-electron chi connectivity index (χ3n) is 3.40. The summed E-state index contributed by atoms with van der Waals surface area (Å²) in [5.41, 5.74) is 12.5. The standard InChI is InChI=1S/C11H16N6O2/c1-5-2-6(3-18)19-10(5)17-4-14-7-8(12)15-11(13)16-9(7)17/h4-6,10,18H,2-3H2,1H3,(H4,12,13,15,16)/t5-,6-,10+/m0/s1. The van der Waals surface area contributed by atoms with Crippen molar-refractivity contribution < 1.29 is 9.84 Å². The van der Waals surface area contributed by atoms with Gasteiger partial charge in [-0.2, -0.15) is 9.97 Å². The molecule has 5 N–H and O–H groups in total. The van der Waals surface area contributed by atoms with Crippen molar-refractivity contribution in [3.63, 3.8) is 0 Å². The first-order valence-electron chi connectivity index (χ1n) is 6.12. The van der Waals surface area contributed by atoms with Gasteiger partial charge in [0.05, 0.1) is 19.0 Å². The molecule has 3 rings (SSSR count). The highest BCUT2D eigenvalue weighted by molar-refractivity contribution is 5.82. The molecule has 0 aliphatic carbocycles. The van der Waals surface area contributed by atoms with Gasteiger partial charge < -0.3 is 21.3 Å². The number of imidazole rings is 1. The lowest BCUT2D eigenvalue weighted by atomic mass is 10.1. The first kappa shape index (κ1) is 12.1. The summed E-state index contributed by atoms with van der Waals surface area (Å²) >= 11 is 0. The Bertz CT molecular complexity index is 612. The molecule has 3 heterocycles. The number of aromatic nitrogens is 4. The topological polar surface area (TPSA) is 125 Å². The van der Waals surface area contributed by atoms with Gasteiger partial charge >= 0.3 is 0 Å². The van der Waals surface area contributed by atoms with Crippen LogP contribution < -0.4 is 11.5 Å². The summed E-state index contributed by atoms with van der Waals surface area (Å²) in [4.78, 5) is 12.3. The van der Waals surface area contributed by atoms with Crippen molar-refractivity contribution in [2.75, 3.05) is 18.1 Å². The number of hydrogen-bond acceptors (Lipinski definition) is 7. The van der Waals surface area contributed by atoms with Crippen LogP contribution in [0.1, 0.15) is 19.6 Å². The lowest BCUT2D eigenvalue weighted by Crippen LogP contribution is -2.15. The number of ether oxygens (including phenoxy) is 1. The summed E-state index contributed by atoms with van der Waals surface area (Å²) in [5, 5.41) is 9.19. The third-order valence-corrected chi connectivity index (χ3v) is 3.40. The summed E-state index contributed by atoms with van der Waals surface area (Å²) in [7, 11) is 0. The normalized spacial score (nSPS) is 27.2. The Morgan fingerprint density at radius 3 is 2.95 bits per heavy atom. The molecule has 0 unspecified atom stereocenters. The van der Waals surface area contributed by atoms with E-state index in [9.17, 15) is 5.11 Å². The van der Waals surface area contributed by atoms with Crippen molar-refractivity contribution in [1.29, 1.82) is 0 Å². The molecule has 1 saturated heterocycles. The molecule has 2 aromatic rings. The van der Waals surface area contributed by atoms with E-state index in [4.69, 9.17) is 16.2 Å².